The number of carbonyl (C=O) groups excluding carboxylic acids is 3. The zero-order valence-corrected chi connectivity index (χ0v) is 24.1. The molecule has 3 unspecified atom stereocenters. The Hall–Kier alpha value is -2.97. The standard InChI is InChI=1S/C25H35N3O9S2/c1-5-36-25(31)28-15-11-20(24(28)37-38(4,32)33)23(30)27(17-18-9-7-6-8-10-18)14-12-21-19(22(29)26(2)3)13-16-39(21,34)35/h6-10,13,20-21,24H,5,11-12,14-17H2,1-4H3. The molecule has 1 fully saturated rings. The molecule has 3 rings (SSSR count). The summed E-state index contributed by atoms with van der Waals surface area (Å²) in [6.45, 7) is 1.77. The minimum Gasteiger partial charge on any atom is -0.450 e. The maximum Gasteiger partial charge on any atom is 0.411 e. The van der Waals surface area contributed by atoms with Gasteiger partial charge in [-0.15, -0.1) is 0 Å². The molecule has 2 heterocycles. The lowest BCUT2D eigenvalue weighted by Crippen LogP contribution is -2.47. The van der Waals surface area contributed by atoms with Crippen LogP contribution in [0.2, 0.25) is 0 Å². The van der Waals surface area contributed by atoms with Gasteiger partial charge >= 0.3 is 6.09 Å². The van der Waals surface area contributed by atoms with Crippen LogP contribution in [0.1, 0.15) is 25.3 Å². The molecule has 14 heteroatoms. The number of sulfone groups is 1. The predicted molar refractivity (Wildman–Crippen MR) is 142 cm³/mol. The number of carbonyl (C=O) groups is 3. The van der Waals surface area contributed by atoms with Crippen LogP contribution >= 0.6 is 0 Å². The summed E-state index contributed by atoms with van der Waals surface area (Å²) < 4.78 is 59.9. The molecule has 1 saturated heterocycles. The summed E-state index contributed by atoms with van der Waals surface area (Å²) >= 11 is 0. The van der Waals surface area contributed by atoms with E-state index in [9.17, 15) is 31.2 Å². The molecule has 39 heavy (non-hydrogen) atoms. The van der Waals surface area contributed by atoms with Crippen LogP contribution in [0.5, 0.6) is 0 Å². The summed E-state index contributed by atoms with van der Waals surface area (Å²) in [7, 11) is -4.62. The smallest absolute Gasteiger partial charge is 0.411 e. The van der Waals surface area contributed by atoms with Crippen LogP contribution < -0.4 is 0 Å². The number of likely N-dealkylation sites (tertiary alicyclic amines) is 1. The molecule has 0 saturated carbocycles. The van der Waals surface area contributed by atoms with Crippen molar-refractivity contribution in [2.24, 2.45) is 5.92 Å². The van der Waals surface area contributed by atoms with E-state index in [1.165, 1.54) is 30.0 Å². The highest BCUT2D eigenvalue weighted by Crippen LogP contribution is 2.31. The van der Waals surface area contributed by atoms with Crippen molar-refractivity contribution in [2.45, 2.75) is 37.8 Å². The largest absolute Gasteiger partial charge is 0.450 e. The number of likely N-dealkylation sites (N-methyl/N-ethyl adjacent to an activating group) is 1. The lowest BCUT2D eigenvalue weighted by Gasteiger charge is -2.31. The summed E-state index contributed by atoms with van der Waals surface area (Å²) in [6, 6.07) is 9.01. The van der Waals surface area contributed by atoms with Crippen molar-refractivity contribution < 1.29 is 40.1 Å². The van der Waals surface area contributed by atoms with E-state index in [1.807, 2.05) is 6.07 Å². The van der Waals surface area contributed by atoms with Gasteiger partial charge in [-0.25, -0.2) is 17.4 Å². The molecule has 3 atom stereocenters. The zero-order valence-electron chi connectivity index (χ0n) is 22.5. The van der Waals surface area contributed by atoms with E-state index in [4.69, 9.17) is 8.92 Å². The van der Waals surface area contributed by atoms with Gasteiger partial charge in [0, 0.05) is 39.3 Å². The summed E-state index contributed by atoms with van der Waals surface area (Å²) in [5, 5.41) is -1.08. The second-order valence-electron chi connectivity index (χ2n) is 9.69. The molecular formula is C25H35N3O9S2. The molecular weight excluding hydrogens is 550 g/mol. The predicted octanol–water partition coefficient (Wildman–Crippen LogP) is 0.998. The van der Waals surface area contributed by atoms with E-state index in [2.05, 4.69) is 0 Å². The number of nitrogens with zero attached hydrogens (tertiary/aromatic N) is 3. The number of amides is 3. The van der Waals surface area contributed by atoms with Gasteiger partial charge in [-0.1, -0.05) is 36.4 Å². The molecule has 0 aromatic heterocycles. The number of hydrogen-bond donors (Lipinski definition) is 0. The van der Waals surface area contributed by atoms with Crippen LogP contribution in [0.4, 0.5) is 4.79 Å². The quantitative estimate of drug-likeness (QED) is 0.367. The van der Waals surface area contributed by atoms with E-state index in [0.717, 1.165) is 16.7 Å². The molecule has 2 aliphatic rings. The highest BCUT2D eigenvalue weighted by atomic mass is 32.2. The number of benzene rings is 1. The van der Waals surface area contributed by atoms with Gasteiger partial charge in [-0.3, -0.25) is 14.5 Å². The zero-order chi connectivity index (χ0) is 29.0. The summed E-state index contributed by atoms with van der Waals surface area (Å²) in [6.07, 6.45) is 0.123. The Morgan fingerprint density at radius 3 is 2.38 bits per heavy atom. The molecule has 3 amide bonds. The van der Waals surface area contributed by atoms with Crippen molar-refractivity contribution in [3.63, 3.8) is 0 Å². The van der Waals surface area contributed by atoms with E-state index in [0.29, 0.717) is 0 Å². The molecule has 0 aliphatic carbocycles. The third-order valence-corrected chi connectivity index (χ3v) is 9.12. The highest BCUT2D eigenvalue weighted by Gasteiger charge is 2.46. The molecule has 0 N–H and O–H groups in total. The molecule has 0 radical (unpaired) electrons. The average Bonchev–Trinajstić information content (AvgIpc) is 3.40. The number of ether oxygens (including phenoxy) is 1. The van der Waals surface area contributed by atoms with Crippen molar-refractivity contribution in [2.75, 3.05) is 45.8 Å². The third kappa shape index (κ3) is 7.57. The fraction of sp³-hybridized carbons (Fsp3) is 0.560. The van der Waals surface area contributed by atoms with Crippen LogP contribution in [0.3, 0.4) is 0 Å². The Labute approximate surface area is 229 Å². The summed E-state index contributed by atoms with van der Waals surface area (Å²) in [5.74, 6) is -2.21. The maximum atomic E-state index is 13.9. The third-order valence-electron chi connectivity index (χ3n) is 6.58. The fourth-order valence-electron chi connectivity index (χ4n) is 4.75. The van der Waals surface area contributed by atoms with Gasteiger partial charge in [0.25, 0.3) is 10.1 Å². The van der Waals surface area contributed by atoms with Crippen molar-refractivity contribution in [3.05, 3.63) is 47.5 Å². The topological polar surface area (TPSA) is 148 Å². The molecule has 1 aromatic rings. The van der Waals surface area contributed by atoms with E-state index < -0.39 is 55.3 Å². The molecule has 2 aliphatic heterocycles. The van der Waals surface area contributed by atoms with Gasteiger partial charge in [-0.2, -0.15) is 8.42 Å². The molecule has 0 bridgehead atoms. The minimum atomic E-state index is -4.05. The maximum absolute atomic E-state index is 13.9. The normalized spacial score (nSPS) is 22.3. The monoisotopic (exact) mass is 585 g/mol. The van der Waals surface area contributed by atoms with Gasteiger partial charge in [0.1, 0.15) is 0 Å². The fourth-order valence-corrected chi connectivity index (χ4v) is 7.04. The van der Waals surface area contributed by atoms with Crippen LogP contribution in [-0.2, 0) is 45.0 Å². The molecule has 216 valence electrons. The first-order valence-electron chi connectivity index (χ1n) is 12.5. The lowest BCUT2D eigenvalue weighted by atomic mass is 10.0. The van der Waals surface area contributed by atoms with Gasteiger partial charge in [0.15, 0.2) is 16.1 Å². The Morgan fingerprint density at radius 1 is 1.13 bits per heavy atom. The first kappa shape index (κ1) is 30.6. The Kier molecular flexibility index (Phi) is 9.78. The van der Waals surface area contributed by atoms with Gasteiger partial charge in [0.2, 0.25) is 11.8 Å². The summed E-state index contributed by atoms with van der Waals surface area (Å²) in [4.78, 5) is 42.8. The molecule has 1 aromatic carbocycles. The van der Waals surface area contributed by atoms with E-state index in [-0.39, 0.29) is 50.4 Å². The van der Waals surface area contributed by atoms with Crippen LogP contribution in [0.15, 0.2) is 42.0 Å². The van der Waals surface area contributed by atoms with Gasteiger partial charge in [0.05, 0.1) is 29.8 Å². The van der Waals surface area contributed by atoms with E-state index >= 15 is 0 Å². The average molecular weight is 586 g/mol. The minimum absolute atomic E-state index is 0.0295. The van der Waals surface area contributed by atoms with Crippen LogP contribution in [0.25, 0.3) is 0 Å². The first-order valence-corrected chi connectivity index (χ1v) is 16.1. The van der Waals surface area contributed by atoms with Crippen molar-refractivity contribution in [1.82, 2.24) is 14.7 Å². The lowest BCUT2D eigenvalue weighted by molar-refractivity contribution is -0.139. The SMILES string of the molecule is CCOC(=O)N1CCC(C(=O)N(CCC2C(C(=O)N(C)C)=CCS2(=O)=O)Cc2ccccc2)C1OS(C)(=O)=O. The van der Waals surface area contributed by atoms with Crippen molar-refractivity contribution in [1.29, 1.82) is 0 Å². The Bertz CT molecular complexity index is 1310. The van der Waals surface area contributed by atoms with Crippen LogP contribution in [-0.4, -0.2) is 107 Å². The van der Waals surface area contributed by atoms with Gasteiger partial charge < -0.3 is 14.5 Å². The highest BCUT2D eigenvalue weighted by molar-refractivity contribution is 7.92. The molecule has 12 nitrogen and oxygen atoms in total. The molecule has 0 spiro atoms. The van der Waals surface area contributed by atoms with Crippen LogP contribution in [0, 0.1) is 5.92 Å². The first-order chi connectivity index (χ1) is 18.2. The Balaban J connectivity index is 1.90. The second kappa shape index (κ2) is 12.5. The second-order valence-corrected chi connectivity index (χ2v) is 13.5. The van der Waals surface area contributed by atoms with Crippen molar-refractivity contribution in [3.8, 4) is 0 Å². The van der Waals surface area contributed by atoms with Crippen molar-refractivity contribution >= 4 is 37.9 Å². The van der Waals surface area contributed by atoms with Gasteiger partial charge in [-0.05, 0) is 25.3 Å². The van der Waals surface area contributed by atoms with E-state index in [1.54, 1.807) is 31.2 Å². The Morgan fingerprint density at radius 2 is 1.79 bits per heavy atom. The number of rotatable bonds is 10. The summed E-state index contributed by atoms with van der Waals surface area (Å²) in [5.41, 5.74) is 0.931. The number of hydrogen-bond acceptors (Lipinski definition) is 9.